The molecule has 1 atom stereocenters. The van der Waals surface area contributed by atoms with Gasteiger partial charge in [0.05, 0.1) is 18.3 Å². The number of nitrogen functional groups attached to an aromatic ring is 1. The van der Waals surface area contributed by atoms with Gasteiger partial charge in [0.1, 0.15) is 30.7 Å². The molecule has 2 aliphatic heterocycles. The lowest BCUT2D eigenvalue weighted by Crippen LogP contribution is -2.32. The zero-order valence-corrected chi connectivity index (χ0v) is 20.8. The normalized spacial score (nSPS) is 16.4. The molecule has 5 N–H and O–H groups in total. The quantitative estimate of drug-likeness (QED) is 0.329. The van der Waals surface area contributed by atoms with E-state index in [-0.39, 0.29) is 6.04 Å². The topological polar surface area (TPSA) is 157 Å². The standard InChI is InChI=1S/C26H26N10O2/c1-14-18(9-31-26-24(14)37-12-16(27)13-38-26)20-6-15-7-21(30-10-19(15)25(28)32-20)33-22-8-17-2-4-35-5-3-29-23(35)11-36(17)34-22/h3,5-10,16H,2,4,11-13,27H2,1H3,(H2,28,32)(H,30,33,34). The summed E-state index contributed by atoms with van der Waals surface area (Å²) >= 11 is 0. The predicted molar refractivity (Wildman–Crippen MR) is 141 cm³/mol. The third-order valence-corrected chi connectivity index (χ3v) is 6.97. The van der Waals surface area contributed by atoms with Gasteiger partial charge in [0.2, 0.25) is 0 Å². The molecular formula is C26H26N10O2. The van der Waals surface area contributed by atoms with E-state index < -0.39 is 0 Å². The van der Waals surface area contributed by atoms with Crippen molar-refractivity contribution in [1.29, 1.82) is 0 Å². The molecule has 1 unspecified atom stereocenters. The summed E-state index contributed by atoms with van der Waals surface area (Å²) in [6.45, 7) is 4.17. The maximum absolute atomic E-state index is 6.35. The van der Waals surface area contributed by atoms with Gasteiger partial charge in [-0.05, 0) is 24.4 Å². The number of aromatic nitrogens is 7. The van der Waals surface area contributed by atoms with Crippen LogP contribution in [0.3, 0.4) is 0 Å². The van der Waals surface area contributed by atoms with E-state index in [2.05, 4.69) is 35.9 Å². The SMILES string of the molecule is Cc1c(-c2cc3cc(Nc4cc5n(n4)Cc4nccn4CC5)ncc3c(N)n2)cnc2c1OCC(N)CO2. The highest BCUT2D eigenvalue weighted by Gasteiger charge is 2.22. The smallest absolute Gasteiger partial charge is 0.257 e. The Kier molecular flexibility index (Phi) is 5.15. The monoisotopic (exact) mass is 510 g/mol. The molecule has 0 aliphatic carbocycles. The van der Waals surface area contributed by atoms with E-state index in [0.29, 0.717) is 48.7 Å². The number of hydrogen-bond donors (Lipinski definition) is 3. The van der Waals surface area contributed by atoms with Crippen molar-refractivity contribution < 1.29 is 9.47 Å². The first kappa shape index (κ1) is 22.5. The molecule has 192 valence electrons. The highest BCUT2D eigenvalue weighted by Crippen LogP contribution is 2.38. The zero-order chi connectivity index (χ0) is 25.8. The number of ether oxygens (including phenoxy) is 2. The first-order valence-corrected chi connectivity index (χ1v) is 12.4. The summed E-state index contributed by atoms with van der Waals surface area (Å²) in [5.41, 5.74) is 15.8. The van der Waals surface area contributed by atoms with Gasteiger partial charge in [-0.25, -0.2) is 19.9 Å². The van der Waals surface area contributed by atoms with Crippen LogP contribution in [0.5, 0.6) is 11.6 Å². The number of pyridine rings is 3. The van der Waals surface area contributed by atoms with Crippen LogP contribution < -0.4 is 26.3 Å². The molecule has 7 heterocycles. The Labute approximate surface area is 217 Å². The van der Waals surface area contributed by atoms with Crippen LogP contribution in [0.15, 0.2) is 43.0 Å². The molecule has 7 rings (SSSR count). The number of nitrogens with two attached hydrogens (primary N) is 2. The highest BCUT2D eigenvalue weighted by molar-refractivity contribution is 5.95. The molecule has 12 nitrogen and oxygen atoms in total. The van der Waals surface area contributed by atoms with E-state index in [9.17, 15) is 0 Å². The van der Waals surface area contributed by atoms with Gasteiger partial charge in [-0.1, -0.05) is 0 Å². The molecule has 5 aromatic rings. The number of fused-ring (bicyclic) bond motifs is 4. The van der Waals surface area contributed by atoms with Crippen molar-refractivity contribution in [2.24, 2.45) is 5.73 Å². The molecule has 5 aromatic heterocycles. The molecule has 0 radical (unpaired) electrons. The van der Waals surface area contributed by atoms with Crippen LogP contribution in [0.2, 0.25) is 0 Å². The van der Waals surface area contributed by atoms with Gasteiger partial charge in [0.15, 0.2) is 11.6 Å². The van der Waals surface area contributed by atoms with Gasteiger partial charge < -0.3 is 30.8 Å². The van der Waals surface area contributed by atoms with Crippen LogP contribution in [0.1, 0.15) is 17.1 Å². The molecular weight excluding hydrogens is 484 g/mol. The van der Waals surface area contributed by atoms with E-state index in [4.69, 9.17) is 26.0 Å². The average Bonchev–Trinajstić information content (AvgIpc) is 3.41. The Bertz CT molecular complexity index is 1690. The molecule has 0 saturated heterocycles. The number of nitrogens with zero attached hydrogens (tertiary/aromatic N) is 7. The van der Waals surface area contributed by atoms with Crippen LogP contribution >= 0.6 is 0 Å². The Morgan fingerprint density at radius 1 is 1.05 bits per heavy atom. The zero-order valence-electron chi connectivity index (χ0n) is 20.8. The molecule has 0 saturated carbocycles. The van der Waals surface area contributed by atoms with Crippen molar-refractivity contribution in [3.05, 3.63) is 60.1 Å². The maximum atomic E-state index is 6.35. The minimum Gasteiger partial charge on any atom is -0.486 e. The van der Waals surface area contributed by atoms with Crippen LogP contribution in [0.25, 0.3) is 22.0 Å². The van der Waals surface area contributed by atoms with E-state index in [0.717, 1.165) is 52.2 Å². The lowest BCUT2D eigenvalue weighted by molar-refractivity contribution is 0.261. The third kappa shape index (κ3) is 3.86. The van der Waals surface area contributed by atoms with Crippen LogP contribution in [-0.4, -0.2) is 53.5 Å². The number of nitrogens with one attached hydrogen (secondary N) is 1. The predicted octanol–water partition coefficient (Wildman–Crippen LogP) is 2.42. The fourth-order valence-electron chi connectivity index (χ4n) is 4.95. The van der Waals surface area contributed by atoms with Crippen molar-refractivity contribution in [3.8, 4) is 22.9 Å². The summed E-state index contributed by atoms with van der Waals surface area (Å²) in [4.78, 5) is 18.1. The Hall–Kier alpha value is -4.71. The molecule has 0 aromatic carbocycles. The molecule has 0 bridgehead atoms. The second-order valence-corrected chi connectivity index (χ2v) is 9.59. The van der Waals surface area contributed by atoms with Crippen molar-refractivity contribution in [3.63, 3.8) is 0 Å². The molecule has 2 aliphatic rings. The molecule has 0 spiro atoms. The fourth-order valence-corrected chi connectivity index (χ4v) is 4.95. The minimum absolute atomic E-state index is 0.214. The van der Waals surface area contributed by atoms with E-state index in [1.54, 1.807) is 12.4 Å². The lowest BCUT2D eigenvalue weighted by Gasteiger charge is -2.14. The fraction of sp³-hybridized carbons (Fsp3) is 0.269. The van der Waals surface area contributed by atoms with Crippen LogP contribution in [-0.2, 0) is 19.5 Å². The number of hydrogen-bond acceptors (Lipinski definition) is 10. The first-order valence-electron chi connectivity index (χ1n) is 12.4. The highest BCUT2D eigenvalue weighted by atomic mass is 16.5. The molecule has 0 amide bonds. The largest absolute Gasteiger partial charge is 0.486 e. The Morgan fingerprint density at radius 2 is 1.95 bits per heavy atom. The summed E-state index contributed by atoms with van der Waals surface area (Å²) in [6, 6.07) is 5.76. The Balaban J connectivity index is 1.21. The average molecular weight is 511 g/mol. The number of imidazole rings is 1. The molecule has 12 heteroatoms. The summed E-state index contributed by atoms with van der Waals surface area (Å²) in [6.07, 6.45) is 8.17. The molecule has 38 heavy (non-hydrogen) atoms. The van der Waals surface area contributed by atoms with Crippen LogP contribution in [0.4, 0.5) is 17.5 Å². The van der Waals surface area contributed by atoms with Gasteiger partial charge in [-0.3, -0.25) is 4.68 Å². The first-order chi connectivity index (χ1) is 18.5. The van der Waals surface area contributed by atoms with Gasteiger partial charge >= 0.3 is 0 Å². The number of rotatable bonds is 3. The van der Waals surface area contributed by atoms with Gasteiger partial charge in [0, 0.05) is 66.0 Å². The number of anilines is 3. The Morgan fingerprint density at radius 3 is 2.87 bits per heavy atom. The second kappa shape index (κ2) is 8.70. The van der Waals surface area contributed by atoms with Gasteiger partial charge in [-0.15, -0.1) is 0 Å². The summed E-state index contributed by atoms with van der Waals surface area (Å²) in [7, 11) is 0. The van der Waals surface area contributed by atoms with Crippen molar-refractivity contribution in [2.45, 2.75) is 32.5 Å². The number of aryl methyl sites for hydroxylation is 2. The molecule has 0 fully saturated rings. The summed E-state index contributed by atoms with van der Waals surface area (Å²) in [5.74, 6) is 3.79. The summed E-state index contributed by atoms with van der Waals surface area (Å²) < 4.78 is 15.8. The van der Waals surface area contributed by atoms with E-state index in [1.807, 2.05) is 36.1 Å². The summed E-state index contributed by atoms with van der Waals surface area (Å²) in [5, 5.41) is 9.74. The van der Waals surface area contributed by atoms with Crippen molar-refractivity contribution in [2.75, 3.05) is 24.3 Å². The van der Waals surface area contributed by atoms with E-state index in [1.165, 1.54) is 0 Å². The second-order valence-electron chi connectivity index (χ2n) is 9.59. The van der Waals surface area contributed by atoms with Crippen molar-refractivity contribution in [1.82, 2.24) is 34.3 Å². The van der Waals surface area contributed by atoms with Gasteiger partial charge in [-0.2, -0.15) is 5.10 Å². The lowest BCUT2D eigenvalue weighted by atomic mass is 10.0. The third-order valence-electron chi connectivity index (χ3n) is 6.97. The van der Waals surface area contributed by atoms with Crippen molar-refractivity contribution >= 4 is 28.2 Å². The van der Waals surface area contributed by atoms with Crippen LogP contribution in [0, 0.1) is 6.92 Å². The maximum Gasteiger partial charge on any atom is 0.257 e. The van der Waals surface area contributed by atoms with E-state index >= 15 is 0 Å². The van der Waals surface area contributed by atoms with Gasteiger partial charge in [0.25, 0.3) is 5.88 Å². The minimum atomic E-state index is -0.214.